The Morgan fingerprint density at radius 3 is 2.50 bits per heavy atom. The summed E-state index contributed by atoms with van der Waals surface area (Å²) in [6, 6.07) is 21.4. The Hall–Kier alpha value is -3.60. The van der Waals surface area contributed by atoms with Crippen molar-refractivity contribution in [2.45, 2.75) is 6.42 Å². The van der Waals surface area contributed by atoms with E-state index < -0.39 is 0 Å². The molecule has 0 radical (unpaired) electrons. The van der Waals surface area contributed by atoms with E-state index in [0.717, 1.165) is 12.1 Å². The molecule has 1 saturated heterocycles. The minimum absolute atomic E-state index is 0.146. The number of carbonyl (C=O) groups is 2. The minimum atomic E-state index is -0.337. The first-order valence-electron chi connectivity index (χ1n) is 9.26. The topological polar surface area (TPSA) is 58.6 Å². The van der Waals surface area contributed by atoms with E-state index in [1.165, 1.54) is 22.3 Å². The number of ether oxygens (including phenoxy) is 1. The number of anilines is 2. The second-order valence-electron chi connectivity index (χ2n) is 6.97. The number of hydrogen-bond donors (Lipinski definition) is 1. The Labute approximate surface area is 162 Å². The van der Waals surface area contributed by atoms with E-state index in [1.54, 1.807) is 17.0 Å². The molecule has 1 aliphatic heterocycles. The molecule has 3 aromatic carbocycles. The number of carbonyl (C=O) groups excluding carboxylic acids is 2. The van der Waals surface area contributed by atoms with Crippen molar-refractivity contribution in [3.8, 4) is 11.1 Å². The number of nitrogens with zero attached hydrogens (tertiary/aromatic N) is 1. The molecular formula is C23H18N2O3. The van der Waals surface area contributed by atoms with E-state index in [9.17, 15) is 9.59 Å². The van der Waals surface area contributed by atoms with Gasteiger partial charge in [0.1, 0.15) is 6.61 Å². The van der Waals surface area contributed by atoms with E-state index in [-0.39, 0.29) is 12.0 Å². The summed E-state index contributed by atoms with van der Waals surface area (Å²) in [5, 5.41) is 2.93. The van der Waals surface area contributed by atoms with Crippen molar-refractivity contribution in [3.63, 3.8) is 0 Å². The van der Waals surface area contributed by atoms with Gasteiger partial charge in [0.2, 0.25) is 0 Å². The van der Waals surface area contributed by atoms with Gasteiger partial charge in [-0.3, -0.25) is 9.69 Å². The number of nitrogens with one attached hydrogen (secondary N) is 1. The van der Waals surface area contributed by atoms with Crippen molar-refractivity contribution < 1.29 is 14.3 Å². The van der Waals surface area contributed by atoms with Crippen LogP contribution in [0.1, 0.15) is 21.5 Å². The summed E-state index contributed by atoms with van der Waals surface area (Å²) in [4.78, 5) is 25.9. The van der Waals surface area contributed by atoms with Crippen LogP contribution in [0.4, 0.5) is 16.2 Å². The summed E-state index contributed by atoms with van der Waals surface area (Å²) in [6.45, 7) is 0.946. The van der Waals surface area contributed by atoms with E-state index in [2.05, 4.69) is 17.4 Å². The molecule has 5 rings (SSSR count). The lowest BCUT2D eigenvalue weighted by Crippen LogP contribution is -2.23. The Morgan fingerprint density at radius 1 is 0.929 bits per heavy atom. The van der Waals surface area contributed by atoms with Crippen molar-refractivity contribution >= 4 is 23.4 Å². The number of hydrogen-bond acceptors (Lipinski definition) is 3. The normalized spacial score (nSPS) is 14.4. The molecule has 0 bridgehead atoms. The van der Waals surface area contributed by atoms with E-state index in [4.69, 9.17) is 4.74 Å². The maximum atomic E-state index is 12.7. The molecule has 0 saturated carbocycles. The molecule has 5 nitrogen and oxygen atoms in total. The highest BCUT2D eigenvalue weighted by molar-refractivity contribution is 6.05. The quantitative estimate of drug-likeness (QED) is 0.579. The molecular weight excluding hydrogens is 352 g/mol. The predicted octanol–water partition coefficient (Wildman–Crippen LogP) is 4.47. The average molecular weight is 370 g/mol. The van der Waals surface area contributed by atoms with E-state index in [1.807, 2.05) is 42.5 Å². The van der Waals surface area contributed by atoms with Crippen LogP contribution in [0.3, 0.4) is 0 Å². The van der Waals surface area contributed by atoms with Crippen LogP contribution in [0.5, 0.6) is 0 Å². The lowest BCUT2D eigenvalue weighted by atomic mass is 10.0. The fraction of sp³-hybridized carbons (Fsp3) is 0.130. The van der Waals surface area contributed by atoms with Crippen molar-refractivity contribution in [1.29, 1.82) is 0 Å². The number of benzene rings is 3. The second-order valence-corrected chi connectivity index (χ2v) is 6.97. The Kier molecular flexibility index (Phi) is 3.86. The van der Waals surface area contributed by atoms with Crippen molar-refractivity contribution in [3.05, 3.63) is 83.4 Å². The number of amides is 2. The summed E-state index contributed by atoms with van der Waals surface area (Å²) in [5.41, 5.74) is 7.01. The molecule has 0 spiro atoms. The highest BCUT2D eigenvalue weighted by Crippen LogP contribution is 2.36. The molecule has 3 aromatic rings. The molecule has 0 unspecified atom stereocenters. The van der Waals surface area contributed by atoms with Crippen LogP contribution in [-0.2, 0) is 11.2 Å². The molecule has 1 heterocycles. The van der Waals surface area contributed by atoms with Crippen LogP contribution < -0.4 is 10.2 Å². The van der Waals surface area contributed by atoms with Crippen LogP contribution in [-0.4, -0.2) is 25.2 Å². The van der Waals surface area contributed by atoms with Gasteiger partial charge in [-0.1, -0.05) is 30.3 Å². The first kappa shape index (κ1) is 16.6. The highest BCUT2D eigenvalue weighted by atomic mass is 16.6. The van der Waals surface area contributed by atoms with Crippen LogP contribution in [0.15, 0.2) is 66.7 Å². The fourth-order valence-corrected chi connectivity index (χ4v) is 3.84. The van der Waals surface area contributed by atoms with Gasteiger partial charge in [0, 0.05) is 16.9 Å². The molecule has 28 heavy (non-hydrogen) atoms. The smallest absolute Gasteiger partial charge is 0.414 e. The zero-order valence-electron chi connectivity index (χ0n) is 15.1. The van der Waals surface area contributed by atoms with Crippen LogP contribution in [0.25, 0.3) is 11.1 Å². The second kappa shape index (κ2) is 6.53. The SMILES string of the molecule is O=C(Nc1ccc(N2CCOC2=O)cc1)c1ccc2c(c1)Cc1ccccc1-2. The third-order valence-electron chi connectivity index (χ3n) is 5.25. The fourth-order valence-electron chi connectivity index (χ4n) is 3.84. The molecule has 0 atom stereocenters. The molecule has 1 N–H and O–H groups in total. The molecule has 138 valence electrons. The molecule has 0 aromatic heterocycles. The Balaban J connectivity index is 1.32. The summed E-state index contributed by atoms with van der Waals surface area (Å²) in [6.07, 6.45) is 0.517. The summed E-state index contributed by atoms with van der Waals surface area (Å²) in [7, 11) is 0. The standard InChI is InChI=1S/C23H18N2O3/c26-22(24-18-6-8-19(9-7-18)25-11-12-28-23(25)27)16-5-10-21-17(14-16)13-15-3-1-2-4-20(15)21/h1-10,14H,11-13H2,(H,24,26). The van der Waals surface area contributed by atoms with Gasteiger partial charge in [0.25, 0.3) is 5.91 Å². The monoisotopic (exact) mass is 370 g/mol. The third-order valence-corrected chi connectivity index (χ3v) is 5.25. The lowest BCUT2D eigenvalue weighted by molar-refractivity contribution is 0.102. The zero-order valence-corrected chi connectivity index (χ0v) is 15.1. The average Bonchev–Trinajstić information content (AvgIpc) is 3.31. The van der Waals surface area contributed by atoms with Crippen molar-refractivity contribution in [1.82, 2.24) is 0 Å². The van der Waals surface area contributed by atoms with Gasteiger partial charge in [-0.15, -0.1) is 0 Å². The van der Waals surface area contributed by atoms with E-state index >= 15 is 0 Å². The van der Waals surface area contributed by atoms with Crippen LogP contribution in [0.2, 0.25) is 0 Å². The third kappa shape index (κ3) is 2.81. The predicted molar refractivity (Wildman–Crippen MR) is 108 cm³/mol. The highest BCUT2D eigenvalue weighted by Gasteiger charge is 2.23. The summed E-state index contributed by atoms with van der Waals surface area (Å²) < 4.78 is 4.95. The van der Waals surface area contributed by atoms with Gasteiger partial charge < -0.3 is 10.1 Å². The largest absolute Gasteiger partial charge is 0.447 e. The maximum absolute atomic E-state index is 12.7. The van der Waals surface area contributed by atoms with Gasteiger partial charge >= 0.3 is 6.09 Å². The zero-order chi connectivity index (χ0) is 19.1. The van der Waals surface area contributed by atoms with Crippen LogP contribution in [0, 0.1) is 0 Å². The number of rotatable bonds is 3. The van der Waals surface area contributed by atoms with Crippen molar-refractivity contribution in [2.75, 3.05) is 23.4 Å². The molecule has 2 amide bonds. The molecule has 2 aliphatic rings. The first-order valence-corrected chi connectivity index (χ1v) is 9.26. The number of cyclic esters (lactones) is 1. The molecule has 5 heteroatoms. The molecule has 1 aliphatic carbocycles. The molecule has 1 fully saturated rings. The van der Waals surface area contributed by atoms with Gasteiger partial charge in [0.15, 0.2) is 0 Å². The Bertz CT molecular complexity index is 1090. The maximum Gasteiger partial charge on any atom is 0.414 e. The van der Waals surface area contributed by atoms with Crippen molar-refractivity contribution in [2.24, 2.45) is 0 Å². The van der Waals surface area contributed by atoms with Gasteiger partial charge in [-0.05, 0) is 65.1 Å². The minimum Gasteiger partial charge on any atom is -0.447 e. The van der Waals surface area contributed by atoms with Crippen LogP contribution >= 0.6 is 0 Å². The number of fused-ring (bicyclic) bond motifs is 3. The first-order chi connectivity index (χ1) is 13.7. The lowest BCUT2D eigenvalue weighted by Gasteiger charge is -2.13. The summed E-state index contributed by atoms with van der Waals surface area (Å²) in [5.74, 6) is -0.146. The van der Waals surface area contributed by atoms with E-state index in [0.29, 0.717) is 24.4 Å². The Morgan fingerprint density at radius 2 is 1.71 bits per heavy atom. The van der Waals surface area contributed by atoms with Gasteiger partial charge in [-0.25, -0.2) is 4.79 Å². The summed E-state index contributed by atoms with van der Waals surface area (Å²) >= 11 is 0. The van der Waals surface area contributed by atoms with Gasteiger partial charge in [0.05, 0.1) is 6.54 Å². The van der Waals surface area contributed by atoms with Gasteiger partial charge in [-0.2, -0.15) is 0 Å².